The lowest BCUT2D eigenvalue weighted by Crippen LogP contribution is -2.31. The van der Waals surface area contributed by atoms with Crippen molar-refractivity contribution in [2.45, 2.75) is 57.8 Å². The Morgan fingerprint density at radius 3 is 2.50 bits per heavy atom. The molecule has 0 radical (unpaired) electrons. The van der Waals surface area contributed by atoms with Crippen LogP contribution < -0.4 is 5.32 Å². The topological polar surface area (TPSA) is 49.4 Å². The zero-order chi connectivity index (χ0) is 15.3. The molecule has 1 heterocycles. The number of sulfonamides is 1. The summed E-state index contributed by atoms with van der Waals surface area (Å²) in [6, 6.07) is 2.19. The third kappa shape index (κ3) is 4.28. The first-order valence-corrected chi connectivity index (χ1v) is 9.41. The van der Waals surface area contributed by atoms with Gasteiger partial charge in [0.05, 0.1) is 0 Å². The van der Waals surface area contributed by atoms with Crippen molar-refractivity contribution in [3.8, 4) is 0 Å². The van der Waals surface area contributed by atoms with Gasteiger partial charge < -0.3 is 5.32 Å². The Bertz CT molecular complexity index is 521. The van der Waals surface area contributed by atoms with Crippen molar-refractivity contribution >= 4 is 21.4 Å². The lowest BCUT2D eigenvalue weighted by atomic mass is 10.3. The summed E-state index contributed by atoms with van der Waals surface area (Å²) in [5, 5.41) is 3.34. The maximum absolute atomic E-state index is 12.6. The molecule has 1 N–H and O–H groups in total. The first-order chi connectivity index (χ1) is 9.32. The minimum atomic E-state index is -3.33. The molecule has 0 unspecified atom stereocenters. The molecule has 1 aromatic rings. The van der Waals surface area contributed by atoms with E-state index in [4.69, 9.17) is 0 Å². The lowest BCUT2D eigenvalue weighted by molar-refractivity contribution is 0.428. The first kappa shape index (κ1) is 17.6. The molecule has 1 rings (SSSR count). The largest absolute Gasteiger partial charge is 0.310 e. The van der Waals surface area contributed by atoms with Crippen molar-refractivity contribution in [3.05, 3.63) is 16.5 Å². The molecule has 4 nitrogen and oxygen atoms in total. The Labute approximate surface area is 127 Å². The van der Waals surface area contributed by atoms with Gasteiger partial charge in [0.25, 0.3) is 10.0 Å². The van der Waals surface area contributed by atoms with Crippen LogP contribution in [0.4, 0.5) is 0 Å². The van der Waals surface area contributed by atoms with Gasteiger partial charge in [0.15, 0.2) is 0 Å². The number of aryl methyl sites for hydroxylation is 1. The molecule has 0 spiro atoms. The molecule has 0 saturated heterocycles. The number of nitrogens with one attached hydrogen (secondary N) is 1. The predicted molar refractivity (Wildman–Crippen MR) is 85.8 cm³/mol. The number of hydrogen-bond donors (Lipinski definition) is 1. The van der Waals surface area contributed by atoms with E-state index in [1.165, 1.54) is 11.3 Å². The Balaban J connectivity index is 2.99. The highest BCUT2D eigenvalue weighted by atomic mass is 32.2. The number of rotatable bonds is 8. The van der Waals surface area contributed by atoms with Crippen LogP contribution in [0.5, 0.6) is 0 Å². The van der Waals surface area contributed by atoms with Crippen LogP contribution in [0.25, 0.3) is 0 Å². The molecule has 0 saturated carbocycles. The van der Waals surface area contributed by atoms with Crippen LogP contribution in [-0.2, 0) is 16.6 Å². The molecule has 116 valence electrons. The van der Waals surface area contributed by atoms with E-state index in [9.17, 15) is 8.42 Å². The second kappa shape index (κ2) is 7.54. The fourth-order valence-electron chi connectivity index (χ4n) is 1.91. The van der Waals surface area contributed by atoms with Gasteiger partial charge in [0.1, 0.15) is 4.21 Å². The fraction of sp³-hybridized carbons (Fsp3) is 0.714. The normalized spacial score (nSPS) is 12.6. The van der Waals surface area contributed by atoms with Gasteiger partial charge in [-0.2, -0.15) is 4.31 Å². The van der Waals surface area contributed by atoms with Gasteiger partial charge in [-0.3, -0.25) is 0 Å². The summed E-state index contributed by atoms with van der Waals surface area (Å²) < 4.78 is 27.2. The van der Waals surface area contributed by atoms with Crippen molar-refractivity contribution in [1.82, 2.24) is 9.62 Å². The second-order valence-electron chi connectivity index (χ2n) is 5.20. The Kier molecular flexibility index (Phi) is 6.64. The SMILES string of the molecule is CCCN(CC)S(=O)(=O)c1cc(C)c(CNC(C)C)s1. The summed E-state index contributed by atoms with van der Waals surface area (Å²) in [6.07, 6.45) is 0.833. The smallest absolute Gasteiger partial charge is 0.252 e. The van der Waals surface area contributed by atoms with Gasteiger partial charge in [0.2, 0.25) is 0 Å². The summed E-state index contributed by atoms with van der Waals surface area (Å²) in [5.41, 5.74) is 1.05. The van der Waals surface area contributed by atoms with Gasteiger partial charge in [-0.25, -0.2) is 8.42 Å². The molecule has 0 aliphatic carbocycles. The third-order valence-electron chi connectivity index (χ3n) is 3.09. The van der Waals surface area contributed by atoms with E-state index in [0.717, 1.165) is 23.4 Å². The predicted octanol–water partition coefficient (Wildman–Crippen LogP) is 2.98. The van der Waals surface area contributed by atoms with Crippen LogP contribution >= 0.6 is 11.3 Å². The molecule has 0 amide bonds. The molecule has 0 aromatic carbocycles. The van der Waals surface area contributed by atoms with E-state index in [0.29, 0.717) is 23.3 Å². The van der Waals surface area contributed by atoms with E-state index >= 15 is 0 Å². The van der Waals surface area contributed by atoms with Crippen molar-refractivity contribution in [2.75, 3.05) is 13.1 Å². The van der Waals surface area contributed by atoms with Crippen LogP contribution in [0.15, 0.2) is 10.3 Å². The van der Waals surface area contributed by atoms with Crippen molar-refractivity contribution in [2.24, 2.45) is 0 Å². The zero-order valence-electron chi connectivity index (χ0n) is 13.1. The van der Waals surface area contributed by atoms with Crippen LogP contribution in [-0.4, -0.2) is 31.9 Å². The molecular weight excluding hydrogens is 292 g/mol. The minimum absolute atomic E-state index is 0.392. The Hall–Kier alpha value is -0.430. The molecule has 0 atom stereocenters. The van der Waals surface area contributed by atoms with Crippen molar-refractivity contribution < 1.29 is 8.42 Å². The average molecular weight is 319 g/mol. The Morgan fingerprint density at radius 2 is 2.00 bits per heavy atom. The highest BCUT2D eigenvalue weighted by molar-refractivity contribution is 7.91. The van der Waals surface area contributed by atoms with Crippen LogP contribution in [0.1, 0.15) is 44.6 Å². The van der Waals surface area contributed by atoms with Crippen molar-refractivity contribution in [1.29, 1.82) is 0 Å². The van der Waals surface area contributed by atoms with E-state index in [-0.39, 0.29) is 0 Å². The second-order valence-corrected chi connectivity index (χ2v) is 8.51. The number of thiophene rings is 1. The van der Waals surface area contributed by atoms with E-state index in [1.54, 1.807) is 10.4 Å². The third-order valence-corrected chi connectivity index (χ3v) is 6.75. The molecule has 6 heteroatoms. The van der Waals surface area contributed by atoms with Gasteiger partial charge in [-0.1, -0.05) is 27.7 Å². The van der Waals surface area contributed by atoms with Crippen molar-refractivity contribution in [3.63, 3.8) is 0 Å². The summed E-state index contributed by atoms with van der Waals surface area (Å²) in [6.45, 7) is 11.8. The van der Waals surface area contributed by atoms with E-state index in [2.05, 4.69) is 19.2 Å². The van der Waals surface area contributed by atoms with Crippen LogP contribution in [0, 0.1) is 6.92 Å². The van der Waals surface area contributed by atoms with Crippen LogP contribution in [0.2, 0.25) is 0 Å². The monoisotopic (exact) mass is 318 g/mol. The minimum Gasteiger partial charge on any atom is -0.310 e. The molecule has 1 aromatic heterocycles. The summed E-state index contributed by atoms with van der Waals surface area (Å²) in [7, 11) is -3.33. The number of hydrogen-bond acceptors (Lipinski definition) is 4. The summed E-state index contributed by atoms with van der Waals surface area (Å²) in [4.78, 5) is 1.10. The Morgan fingerprint density at radius 1 is 1.35 bits per heavy atom. The molecule has 20 heavy (non-hydrogen) atoms. The van der Waals surface area contributed by atoms with E-state index < -0.39 is 10.0 Å². The maximum atomic E-state index is 12.6. The van der Waals surface area contributed by atoms with E-state index in [1.807, 2.05) is 20.8 Å². The summed E-state index contributed by atoms with van der Waals surface area (Å²) >= 11 is 1.39. The van der Waals surface area contributed by atoms with Crippen LogP contribution in [0.3, 0.4) is 0 Å². The van der Waals surface area contributed by atoms with Gasteiger partial charge >= 0.3 is 0 Å². The molecule has 0 bridgehead atoms. The summed E-state index contributed by atoms with van der Waals surface area (Å²) in [5.74, 6) is 0. The lowest BCUT2D eigenvalue weighted by Gasteiger charge is -2.18. The molecule has 0 aliphatic heterocycles. The standard InChI is InChI=1S/C14H26N2O2S2/c1-6-8-16(7-2)20(17,18)14-9-12(5)13(19-14)10-15-11(3)4/h9,11,15H,6-8,10H2,1-5H3. The zero-order valence-corrected chi connectivity index (χ0v) is 14.7. The highest BCUT2D eigenvalue weighted by Crippen LogP contribution is 2.28. The first-order valence-electron chi connectivity index (χ1n) is 7.15. The molecule has 0 fully saturated rings. The van der Waals surface area contributed by atoms with Gasteiger partial charge in [0, 0.05) is 30.6 Å². The number of nitrogens with zero attached hydrogens (tertiary/aromatic N) is 1. The van der Waals surface area contributed by atoms with Gasteiger partial charge in [-0.05, 0) is 25.0 Å². The maximum Gasteiger partial charge on any atom is 0.252 e. The average Bonchev–Trinajstić information content (AvgIpc) is 2.75. The fourth-order valence-corrected chi connectivity index (χ4v) is 5.15. The van der Waals surface area contributed by atoms with Gasteiger partial charge in [-0.15, -0.1) is 11.3 Å². The quantitative estimate of drug-likeness (QED) is 0.801. The molecule has 0 aliphatic rings. The molecular formula is C14H26N2O2S2. The highest BCUT2D eigenvalue weighted by Gasteiger charge is 2.25.